The highest BCUT2D eigenvalue weighted by Crippen LogP contribution is 2.33. The van der Waals surface area contributed by atoms with Gasteiger partial charge in [0.1, 0.15) is 0 Å². The van der Waals surface area contributed by atoms with E-state index in [-0.39, 0.29) is 11.1 Å². The first-order chi connectivity index (χ1) is 13.5. The average molecular weight is 376 g/mol. The number of aromatic hydroxyl groups is 2. The van der Waals surface area contributed by atoms with Crippen molar-refractivity contribution in [2.75, 3.05) is 0 Å². The Labute approximate surface area is 159 Å². The van der Waals surface area contributed by atoms with E-state index < -0.39 is 23.1 Å². The normalized spacial score (nSPS) is 10.8. The van der Waals surface area contributed by atoms with E-state index in [0.29, 0.717) is 22.8 Å². The van der Waals surface area contributed by atoms with Crippen LogP contribution in [-0.4, -0.2) is 20.2 Å². The summed E-state index contributed by atoms with van der Waals surface area (Å²) < 4.78 is 27.3. The Bertz CT molecular complexity index is 1090. The van der Waals surface area contributed by atoms with Crippen LogP contribution in [0.5, 0.6) is 11.5 Å². The number of hydrogen-bond acceptors (Lipinski definition) is 4. The number of aromatic nitrogens is 2. The monoisotopic (exact) mass is 376 g/mol. The lowest BCUT2D eigenvalue weighted by Gasteiger charge is -2.09. The van der Waals surface area contributed by atoms with Crippen LogP contribution in [0.25, 0.3) is 33.9 Å². The van der Waals surface area contributed by atoms with Crippen LogP contribution >= 0.6 is 0 Å². The molecular formula is C22H14F2N2O2. The van der Waals surface area contributed by atoms with E-state index >= 15 is 0 Å². The standard InChI is InChI=1S/C22H14F2N2O2/c23-15-7-1-5-13(21(15)27)17-9-3-11-19(25-17)20-12-4-10-18(26-20)14-6-2-8-16(24)22(14)28/h1-12,27-28H. The molecular weight excluding hydrogens is 362 g/mol. The van der Waals surface area contributed by atoms with Crippen molar-refractivity contribution in [2.24, 2.45) is 0 Å². The van der Waals surface area contributed by atoms with E-state index in [1.54, 1.807) is 48.5 Å². The molecule has 4 rings (SSSR count). The first-order valence-corrected chi connectivity index (χ1v) is 8.45. The highest BCUT2D eigenvalue weighted by Gasteiger charge is 2.13. The summed E-state index contributed by atoms with van der Waals surface area (Å²) in [4.78, 5) is 8.93. The van der Waals surface area contributed by atoms with Gasteiger partial charge in [0.05, 0.1) is 22.8 Å². The number of nitrogens with zero attached hydrogens (tertiary/aromatic N) is 2. The van der Waals surface area contributed by atoms with E-state index in [2.05, 4.69) is 9.97 Å². The highest BCUT2D eigenvalue weighted by molar-refractivity contribution is 5.72. The van der Waals surface area contributed by atoms with Crippen molar-refractivity contribution in [1.82, 2.24) is 9.97 Å². The van der Waals surface area contributed by atoms with Crippen LogP contribution in [0.3, 0.4) is 0 Å². The fourth-order valence-electron chi connectivity index (χ4n) is 2.90. The van der Waals surface area contributed by atoms with Gasteiger partial charge in [-0.25, -0.2) is 18.7 Å². The molecule has 0 amide bonds. The Morgan fingerprint density at radius 1 is 0.500 bits per heavy atom. The Kier molecular flexibility index (Phi) is 4.45. The van der Waals surface area contributed by atoms with Crippen molar-refractivity contribution in [3.8, 4) is 45.4 Å². The zero-order valence-corrected chi connectivity index (χ0v) is 14.5. The lowest BCUT2D eigenvalue weighted by Crippen LogP contribution is -1.93. The number of benzene rings is 2. The van der Waals surface area contributed by atoms with Gasteiger partial charge in [-0.3, -0.25) is 0 Å². The van der Waals surface area contributed by atoms with Crippen LogP contribution in [0.2, 0.25) is 0 Å². The third kappa shape index (κ3) is 3.16. The molecule has 0 atom stereocenters. The van der Waals surface area contributed by atoms with Crippen molar-refractivity contribution < 1.29 is 19.0 Å². The third-order valence-corrected chi connectivity index (χ3v) is 4.29. The first kappa shape index (κ1) is 17.6. The quantitative estimate of drug-likeness (QED) is 0.518. The summed E-state index contributed by atoms with van der Waals surface area (Å²) >= 11 is 0. The van der Waals surface area contributed by atoms with E-state index in [9.17, 15) is 19.0 Å². The SMILES string of the molecule is Oc1c(F)cccc1-c1cccc(-c2cccc(-c3cccc(F)c3O)n2)n1. The van der Waals surface area contributed by atoms with Gasteiger partial charge < -0.3 is 10.2 Å². The number of phenolic OH excluding ortho intramolecular Hbond substituents is 2. The van der Waals surface area contributed by atoms with Crippen LogP contribution in [0.4, 0.5) is 8.78 Å². The molecule has 2 N–H and O–H groups in total. The van der Waals surface area contributed by atoms with Gasteiger partial charge in [0, 0.05) is 11.1 Å². The molecule has 0 saturated heterocycles. The molecule has 0 radical (unpaired) electrons. The molecule has 0 aliphatic rings. The van der Waals surface area contributed by atoms with Crippen molar-refractivity contribution in [2.45, 2.75) is 0 Å². The zero-order chi connectivity index (χ0) is 19.7. The summed E-state index contributed by atoms with van der Waals surface area (Å²) in [5, 5.41) is 19.9. The number of para-hydroxylation sites is 2. The zero-order valence-electron chi connectivity index (χ0n) is 14.5. The number of halogens is 2. The van der Waals surface area contributed by atoms with Gasteiger partial charge in [-0.1, -0.05) is 24.3 Å². The van der Waals surface area contributed by atoms with Crippen molar-refractivity contribution in [3.63, 3.8) is 0 Å². The molecule has 2 aromatic heterocycles. The Morgan fingerprint density at radius 3 is 1.29 bits per heavy atom. The summed E-state index contributed by atoms with van der Waals surface area (Å²) in [6, 6.07) is 18.6. The van der Waals surface area contributed by atoms with Gasteiger partial charge in [0.2, 0.25) is 0 Å². The molecule has 0 fully saturated rings. The van der Waals surface area contributed by atoms with Gasteiger partial charge in [0.25, 0.3) is 0 Å². The average Bonchev–Trinajstić information content (AvgIpc) is 2.72. The maximum Gasteiger partial charge on any atom is 0.165 e. The second-order valence-corrected chi connectivity index (χ2v) is 6.09. The third-order valence-electron chi connectivity index (χ3n) is 4.29. The van der Waals surface area contributed by atoms with Crippen molar-refractivity contribution in [1.29, 1.82) is 0 Å². The topological polar surface area (TPSA) is 66.2 Å². The lowest BCUT2D eigenvalue weighted by atomic mass is 10.1. The maximum atomic E-state index is 13.7. The lowest BCUT2D eigenvalue weighted by molar-refractivity contribution is 0.434. The second kappa shape index (κ2) is 7.08. The summed E-state index contributed by atoms with van der Waals surface area (Å²) in [7, 11) is 0. The minimum Gasteiger partial charge on any atom is -0.504 e. The summed E-state index contributed by atoms with van der Waals surface area (Å²) in [5.74, 6) is -2.41. The molecule has 0 aliphatic carbocycles. The van der Waals surface area contributed by atoms with Gasteiger partial charge in [-0.05, 0) is 48.5 Å². The van der Waals surface area contributed by atoms with Crippen LogP contribution in [0.15, 0.2) is 72.8 Å². The molecule has 4 nitrogen and oxygen atoms in total. The minimum absolute atomic E-state index is 0.265. The van der Waals surface area contributed by atoms with Gasteiger partial charge in [0.15, 0.2) is 23.1 Å². The molecule has 0 bridgehead atoms. The fraction of sp³-hybridized carbons (Fsp3) is 0. The molecule has 0 saturated carbocycles. The minimum atomic E-state index is -0.730. The Morgan fingerprint density at radius 2 is 0.857 bits per heavy atom. The summed E-state index contributed by atoms with van der Waals surface area (Å²) in [6.07, 6.45) is 0. The predicted octanol–water partition coefficient (Wildman–Crippen LogP) is 5.17. The van der Waals surface area contributed by atoms with E-state index in [1.807, 2.05) is 0 Å². The molecule has 28 heavy (non-hydrogen) atoms. The van der Waals surface area contributed by atoms with Gasteiger partial charge in [-0.15, -0.1) is 0 Å². The largest absolute Gasteiger partial charge is 0.504 e. The molecule has 0 unspecified atom stereocenters. The Hall–Kier alpha value is -3.80. The molecule has 2 aromatic carbocycles. The van der Waals surface area contributed by atoms with E-state index in [1.165, 1.54) is 24.3 Å². The van der Waals surface area contributed by atoms with Crippen molar-refractivity contribution in [3.05, 3.63) is 84.4 Å². The molecule has 138 valence electrons. The molecule has 4 aromatic rings. The van der Waals surface area contributed by atoms with Crippen LogP contribution < -0.4 is 0 Å². The number of hydrogen-bond donors (Lipinski definition) is 2. The first-order valence-electron chi connectivity index (χ1n) is 8.45. The highest BCUT2D eigenvalue weighted by atomic mass is 19.1. The van der Waals surface area contributed by atoms with Crippen LogP contribution in [0, 0.1) is 11.6 Å². The number of pyridine rings is 2. The fourth-order valence-corrected chi connectivity index (χ4v) is 2.90. The molecule has 0 aliphatic heterocycles. The number of phenols is 2. The summed E-state index contributed by atoms with van der Waals surface area (Å²) in [6.45, 7) is 0. The van der Waals surface area contributed by atoms with E-state index in [0.717, 1.165) is 0 Å². The van der Waals surface area contributed by atoms with Crippen LogP contribution in [0.1, 0.15) is 0 Å². The molecule has 2 heterocycles. The maximum absolute atomic E-state index is 13.7. The molecule has 0 spiro atoms. The Balaban J connectivity index is 1.79. The van der Waals surface area contributed by atoms with Crippen LogP contribution in [-0.2, 0) is 0 Å². The predicted molar refractivity (Wildman–Crippen MR) is 102 cm³/mol. The summed E-state index contributed by atoms with van der Waals surface area (Å²) in [5.41, 5.74) is 2.27. The van der Waals surface area contributed by atoms with Gasteiger partial charge >= 0.3 is 0 Å². The van der Waals surface area contributed by atoms with E-state index in [4.69, 9.17) is 0 Å². The van der Waals surface area contributed by atoms with Gasteiger partial charge in [-0.2, -0.15) is 0 Å². The second-order valence-electron chi connectivity index (χ2n) is 6.09. The smallest absolute Gasteiger partial charge is 0.165 e. The number of rotatable bonds is 3. The van der Waals surface area contributed by atoms with Crippen molar-refractivity contribution >= 4 is 0 Å². The molecule has 6 heteroatoms.